The molecule has 1 saturated carbocycles. The van der Waals surface area contributed by atoms with Crippen LogP contribution in [0.4, 0.5) is 14.9 Å². The third-order valence-corrected chi connectivity index (χ3v) is 3.90. The molecule has 110 valence electrons. The number of halogens is 1. The fourth-order valence-electron chi connectivity index (χ4n) is 2.71. The number of hydrogen-bond acceptors (Lipinski definition) is 2. The van der Waals surface area contributed by atoms with Crippen molar-refractivity contribution in [3.05, 3.63) is 29.6 Å². The number of urea groups is 1. The highest BCUT2D eigenvalue weighted by Gasteiger charge is 2.25. The van der Waals surface area contributed by atoms with Crippen molar-refractivity contribution < 1.29 is 14.3 Å². The molecule has 1 aliphatic rings. The van der Waals surface area contributed by atoms with Gasteiger partial charge in [0.2, 0.25) is 0 Å². The number of anilines is 1. The Balaban J connectivity index is 1.94. The van der Waals surface area contributed by atoms with E-state index < -0.39 is 0 Å². The van der Waals surface area contributed by atoms with Gasteiger partial charge in [0.05, 0.1) is 0 Å². The van der Waals surface area contributed by atoms with Gasteiger partial charge in [0.15, 0.2) is 0 Å². The number of aryl methyl sites for hydroxylation is 1. The average molecular weight is 280 g/mol. The van der Waals surface area contributed by atoms with Crippen molar-refractivity contribution in [1.82, 2.24) is 5.32 Å². The van der Waals surface area contributed by atoms with Crippen LogP contribution in [0.2, 0.25) is 0 Å². The minimum Gasteiger partial charge on any atom is -0.396 e. The zero-order valence-corrected chi connectivity index (χ0v) is 11.7. The molecule has 1 aromatic rings. The molecular weight excluding hydrogens is 259 g/mol. The van der Waals surface area contributed by atoms with Crippen LogP contribution >= 0.6 is 0 Å². The number of rotatable bonds is 3. The number of aliphatic hydroxyl groups is 1. The molecule has 20 heavy (non-hydrogen) atoms. The topological polar surface area (TPSA) is 61.4 Å². The summed E-state index contributed by atoms with van der Waals surface area (Å²) in [6.07, 6.45) is 4.00. The number of hydrogen-bond donors (Lipinski definition) is 3. The predicted molar refractivity (Wildman–Crippen MR) is 76.1 cm³/mol. The Kier molecular flexibility index (Phi) is 4.95. The Morgan fingerprint density at radius 1 is 1.40 bits per heavy atom. The van der Waals surface area contributed by atoms with Gasteiger partial charge in [0.1, 0.15) is 5.82 Å². The highest BCUT2D eigenvalue weighted by atomic mass is 19.1. The van der Waals surface area contributed by atoms with Gasteiger partial charge < -0.3 is 15.7 Å². The summed E-state index contributed by atoms with van der Waals surface area (Å²) in [5.41, 5.74) is 1.28. The number of carbonyl (C=O) groups excluding carboxylic acids is 1. The van der Waals surface area contributed by atoms with Gasteiger partial charge in [0, 0.05) is 24.3 Å². The minimum atomic E-state index is -0.318. The number of carbonyl (C=O) groups is 1. The maximum atomic E-state index is 13.0. The quantitative estimate of drug-likeness (QED) is 0.797. The SMILES string of the molecule is Cc1cc(F)ccc1NC(=O)NC1CCCCC1CO. The molecule has 0 saturated heterocycles. The van der Waals surface area contributed by atoms with Gasteiger partial charge in [-0.1, -0.05) is 12.8 Å². The molecule has 5 heteroatoms. The van der Waals surface area contributed by atoms with Crippen LogP contribution in [-0.4, -0.2) is 23.8 Å². The van der Waals surface area contributed by atoms with Crippen LogP contribution in [-0.2, 0) is 0 Å². The first-order valence-electron chi connectivity index (χ1n) is 7.04. The Hall–Kier alpha value is -1.62. The first kappa shape index (κ1) is 14.8. The van der Waals surface area contributed by atoms with Gasteiger partial charge in [-0.05, 0) is 43.5 Å². The molecule has 0 bridgehead atoms. The van der Waals surface area contributed by atoms with Crippen molar-refractivity contribution in [2.24, 2.45) is 5.92 Å². The zero-order valence-electron chi connectivity index (χ0n) is 11.7. The van der Waals surface area contributed by atoms with Gasteiger partial charge in [-0.3, -0.25) is 0 Å². The van der Waals surface area contributed by atoms with Crippen molar-refractivity contribution in [3.8, 4) is 0 Å². The van der Waals surface area contributed by atoms with E-state index in [9.17, 15) is 14.3 Å². The lowest BCUT2D eigenvalue weighted by molar-refractivity contribution is 0.156. The highest BCUT2D eigenvalue weighted by Crippen LogP contribution is 2.24. The van der Waals surface area contributed by atoms with E-state index >= 15 is 0 Å². The normalized spacial score (nSPS) is 22.4. The molecule has 3 N–H and O–H groups in total. The summed E-state index contributed by atoms with van der Waals surface area (Å²) in [5.74, 6) is -0.190. The second kappa shape index (κ2) is 6.70. The summed E-state index contributed by atoms with van der Waals surface area (Å²) in [7, 11) is 0. The summed E-state index contributed by atoms with van der Waals surface area (Å²) in [6.45, 7) is 1.84. The monoisotopic (exact) mass is 280 g/mol. The molecule has 2 unspecified atom stereocenters. The van der Waals surface area contributed by atoms with E-state index in [1.807, 2.05) is 0 Å². The Labute approximate surface area is 118 Å². The minimum absolute atomic E-state index is 0.00880. The van der Waals surface area contributed by atoms with Crippen LogP contribution in [0.25, 0.3) is 0 Å². The van der Waals surface area contributed by atoms with E-state index in [4.69, 9.17) is 0 Å². The number of nitrogens with one attached hydrogen (secondary N) is 2. The molecule has 1 aromatic carbocycles. The number of amides is 2. The first-order chi connectivity index (χ1) is 9.60. The van der Waals surface area contributed by atoms with Crippen LogP contribution in [0.15, 0.2) is 18.2 Å². The van der Waals surface area contributed by atoms with Crippen molar-refractivity contribution in [2.45, 2.75) is 38.6 Å². The van der Waals surface area contributed by atoms with Crippen LogP contribution in [0.1, 0.15) is 31.2 Å². The van der Waals surface area contributed by atoms with Crippen LogP contribution in [0.5, 0.6) is 0 Å². The van der Waals surface area contributed by atoms with Crippen molar-refractivity contribution in [1.29, 1.82) is 0 Å². The molecule has 0 aromatic heterocycles. The van der Waals surface area contributed by atoms with E-state index in [0.29, 0.717) is 11.3 Å². The molecule has 2 atom stereocenters. The second-order valence-corrected chi connectivity index (χ2v) is 5.39. The molecule has 2 rings (SSSR count). The van der Waals surface area contributed by atoms with E-state index in [0.717, 1.165) is 25.7 Å². The zero-order chi connectivity index (χ0) is 14.5. The van der Waals surface area contributed by atoms with E-state index in [-0.39, 0.29) is 30.4 Å². The molecule has 0 spiro atoms. The largest absolute Gasteiger partial charge is 0.396 e. The van der Waals surface area contributed by atoms with Crippen molar-refractivity contribution in [2.75, 3.05) is 11.9 Å². The van der Waals surface area contributed by atoms with Crippen LogP contribution in [0.3, 0.4) is 0 Å². The lowest BCUT2D eigenvalue weighted by atomic mass is 9.85. The molecule has 1 fully saturated rings. The summed E-state index contributed by atoms with van der Waals surface area (Å²) < 4.78 is 13.0. The predicted octanol–water partition coefficient (Wildman–Crippen LogP) is 2.81. The van der Waals surface area contributed by atoms with Gasteiger partial charge in [-0.15, -0.1) is 0 Å². The fourth-order valence-corrected chi connectivity index (χ4v) is 2.71. The Bertz CT molecular complexity index is 479. The highest BCUT2D eigenvalue weighted by molar-refractivity contribution is 5.90. The summed E-state index contributed by atoms with van der Waals surface area (Å²) in [4.78, 5) is 12.0. The fraction of sp³-hybridized carbons (Fsp3) is 0.533. The Morgan fingerprint density at radius 2 is 2.15 bits per heavy atom. The maximum absolute atomic E-state index is 13.0. The van der Waals surface area contributed by atoms with E-state index in [1.54, 1.807) is 13.0 Å². The maximum Gasteiger partial charge on any atom is 0.319 e. The summed E-state index contributed by atoms with van der Waals surface area (Å²) in [5, 5.41) is 15.0. The molecule has 1 aliphatic carbocycles. The third-order valence-electron chi connectivity index (χ3n) is 3.90. The number of benzene rings is 1. The summed E-state index contributed by atoms with van der Waals surface area (Å²) >= 11 is 0. The molecule has 2 amide bonds. The standard InChI is InChI=1S/C15H21FN2O2/c1-10-8-12(16)6-7-13(10)17-15(20)18-14-5-3-2-4-11(14)9-19/h6-8,11,14,19H,2-5,9H2,1H3,(H2,17,18,20). The van der Waals surface area contributed by atoms with E-state index in [1.165, 1.54) is 12.1 Å². The van der Waals surface area contributed by atoms with Gasteiger partial charge >= 0.3 is 6.03 Å². The molecule has 4 nitrogen and oxygen atoms in total. The van der Waals surface area contributed by atoms with Gasteiger partial charge in [-0.25, -0.2) is 9.18 Å². The first-order valence-corrected chi connectivity index (χ1v) is 7.04. The molecule has 0 radical (unpaired) electrons. The summed E-state index contributed by atoms with van der Waals surface area (Å²) in [6, 6.07) is 3.96. The lowest BCUT2D eigenvalue weighted by Crippen LogP contribution is -2.45. The van der Waals surface area contributed by atoms with Crippen molar-refractivity contribution >= 4 is 11.7 Å². The molecule has 0 heterocycles. The molecule has 0 aliphatic heterocycles. The van der Waals surface area contributed by atoms with Crippen LogP contribution < -0.4 is 10.6 Å². The number of aliphatic hydroxyl groups excluding tert-OH is 1. The van der Waals surface area contributed by atoms with Crippen molar-refractivity contribution in [3.63, 3.8) is 0 Å². The smallest absolute Gasteiger partial charge is 0.319 e. The van der Waals surface area contributed by atoms with Crippen LogP contribution in [0, 0.1) is 18.7 Å². The molecular formula is C15H21FN2O2. The third kappa shape index (κ3) is 3.70. The van der Waals surface area contributed by atoms with E-state index in [2.05, 4.69) is 10.6 Å². The average Bonchev–Trinajstić information content (AvgIpc) is 2.42. The Morgan fingerprint density at radius 3 is 2.85 bits per heavy atom. The van der Waals surface area contributed by atoms with Gasteiger partial charge in [-0.2, -0.15) is 0 Å². The second-order valence-electron chi connectivity index (χ2n) is 5.39. The van der Waals surface area contributed by atoms with Gasteiger partial charge in [0.25, 0.3) is 0 Å². The lowest BCUT2D eigenvalue weighted by Gasteiger charge is -2.30.